The second kappa shape index (κ2) is 11.0. The van der Waals surface area contributed by atoms with Crippen molar-refractivity contribution in [3.05, 3.63) is 69.9 Å². The Bertz CT molecular complexity index is 1140. The van der Waals surface area contributed by atoms with Crippen LogP contribution in [-0.4, -0.2) is 73.7 Å². The first-order valence-electron chi connectivity index (χ1n) is 11.6. The summed E-state index contributed by atoms with van der Waals surface area (Å²) in [5.74, 6) is 0.0813. The van der Waals surface area contributed by atoms with Gasteiger partial charge in [-0.3, -0.25) is 14.5 Å². The van der Waals surface area contributed by atoms with Gasteiger partial charge in [0.15, 0.2) is 0 Å². The molecule has 1 amide bonds. The molecule has 0 aliphatic carbocycles. The summed E-state index contributed by atoms with van der Waals surface area (Å²) in [5, 5.41) is 1.98. The van der Waals surface area contributed by atoms with Crippen LogP contribution >= 0.6 is 11.6 Å². The number of H-pyrrole nitrogens is 1. The van der Waals surface area contributed by atoms with Crippen LogP contribution in [0.4, 0.5) is 0 Å². The van der Waals surface area contributed by atoms with E-state index in [0.29, 0.717) is 39.4 Å². The van der Waals surface area contributed by atoms with Crippen LogP contribution in [0, 0.1) is 0 Å². The fraction of sp³-hybridized carbons (Fsp3) is 0.385. The zero-order valence-electron chi connectivity index (χ0n) is 19.6. The Hall–Kier alpha value is -2.87. The van der Waals surface area contributed by atoms with Gasteiger partial charge in [-0.1, -0.05) is 23.7 Å². The van der Waals surface area contributed by atoms with Crippen molar-refractivity contribution in [2.24, 2.45) is 0 Å². The third kappa shape index (κ3) is 5.12. The molecule has 2 aliphatic rings. The normalized spacial score (nSPS) is 18.1. The zero-order chi connectivity index (χ0) is 24.1. The van der Waals surface area contributed by atoms with Crippen LogP contribution in [-0.2, 0) is 20.7 Å². The Morgan fingerprint density at radius 2 is 1.91 bits per heavy atom. The van der Waals surface area contributed by atoms with Crippen LogP contribution in [0.15, 0.2) is 42.5 Å². The van der Waals surface area contributed by atoms with Crippen molar-refractivity contribution in [1.29, 1.82) is 0 Å². The summed E-state index contributed by atoms with van der Waals surface area (Å²) in [5.41, 5.74) is 5.61. The predicted molar refractivity (Wildman–Crippen MR) is 132 cm³/mol. The lowest BCUT2D eigenvalue weighted by Gasteiger charge is -2.33. The SMILES string of the molecule is CCOC=O.CN1CCc2c([nH]c3ccc(Cl)cc23)C1c1ccc(C(=O)N2CCOCC2)cc1. The van der Waals surface area contributed by atoms with Crippen molar-refractivity contribution in [3.63, 3.8) is 0 Å². The molecule has 0 saturated carbocycles. The van der Waals surface area contributed by atoms with Crippen molar-refractivity contribution < 1.29 is 19.1 Å². The number of fused-ring (bicyclic) bond motifs is 3. The van der Waals surface area contributed by atoms with Gasteiger partial charge in [0, 0.05) is 46.8 Å². The maximum Gasteiger partial charge on any atom is 0.293 e. The summed E-state index contributed by atoms with van der Waals surface area (Å²) in [6.45, 7) is 6.19. The molecule has 1 fully saturated rings. The van der Waals surface area contributed by atoms with Gasteiger partial charge in [0.05, 0.1) is 25.9 Å². The molecule has 8 heteroatoms. The van der Waals surface area contributed by atoms with Crippen LogP contribution in [0.5, 0.6) is 0 Å². The molecule has 5 rings (SSSR count). The van der Waals surface area contributed by atoms with E-state index in [1.54, 1.807) is 6.92 Å². The minimum absolute atomic E-state index is 0.0813. The van der Waals surface area contributed by atoms with Crippen molar-refractivity contribution in [2.75, 3.05) is 46.5 Å². The van der Waals surface area contributed by atoms with E-state index in [1.807, 2.05) is 23.1 Å². The number of rotatable bonds is 4. The highest BCUT2D eigenvalue weighted by Gasteiger charge is 2.30. The second-order valence-corrected chi connectivity index (χ2v) is 8.85. The van der Waals surface area contributed by atoms with E-state index in [0.717, 1.165) is 29.1 Å². The predicted octanol–water partition coefficient (Wildman–Crippen LogP) is 4.05. The van der Waals surface area contributed by atoms with Crippen LogP contribution in [0.2, 0.25) is 5.02 Å². The molecule has 1 aromatic heterocycles. The second-order valence-electron chi connectivity index (χ2n) is 8.42. The molecule has 0 radical (unpaired) electrons. The highest BCUT2D eigenvalue weighted by atomic mass is 35.5. The molecule has 3 aromatic rings. The minimum atomic E-state index is 0.0813. The number of amides is 1. The third-order valence-electron chi connectivity index (χ3n) is 6.34. The summed E-state index contributed by atoms with van der Waals surface area (Å²) < 4.78 is 9.50. The topological polar surface area (TPSA) is 74.9 Å². The Balaban J connectivity index is 0.000000499. The minimum Gasteiger partial charge on any atom is -0.468 e. The van der Waals surface area contributed by atoms with Gasteiger partial charge in [-0.25, -0.2) is 0 Å². The van der Waals surface area contributed by atoms with E-state index in [4.69, 9.17) is 16.3 Å². The molecule has 2 aliphatic heterocycles. The molecule has 0 spiro atoms. The summed E-state index contributed by atoms with van der Waals surface area (Å²) in [6, 6.07) is 14.2. The summed E-state index contributed by atoms with van der Waals surface area (Å²) in [4.78, 5) is 29.8. The number of aromatic amines is 1. The first-order chi connectivity index (χ1) is 16.5. The summed E-state index contributed by atoms with van der Waals surface area (Å²) in [7, 11) is 2.15. The number of ether oxygens (including phenoxy) is 2. The highest BCUT2D eigenvalue weighted by molar-refractivity contribution is 6.31. The number of halogens is 1. The van der Waals surface area contributed by atoms with Gasteiger partial charge in [-0.05, 0) is 61.9 Å². The van der Waals surface area contributed by atoms with Gasteiger partial charge in [0.2, 0.25) is 0 Å². The number of aromatic nitrogens is 1. The molecule has 7 nitrogen and oxygen atoms in total. The molecule has 1 atom stereocenters. The Morgan fingerprint density at radius 1 is 1.18 bits per heavy atom. The van der Waals surface area contributed by atoms with Crippen molar-refractivity contribution in [1.82, 2.24) is 14.8 Å². The molecular weight excluding hydrogens is 454 g/mol. The largest absolute Gasteiger partial charge is 0.468 e. The lowest BCUT2D eigenvalue weighted by molar-refractivity contribution is -0.128. The first kappa shape index (κ1) is 24.3. The van der Waals surface area contributed by atoms with E-state index < -0.39 is 0 Å². The number of carbonyl (C=O) groups is 2. The number of carbonyl (C=O) groups excluding carboxylic acids is 2. The standard InChI is InChI=1S/C23H24ClN3O2.C3H6O2/c1-26-9-8-18-19-14-17(24)6-7-20(19)25-21(18)22(26)15-2-4-16(5-3-15)23(28)27-10-12-29-13-11-27;1-2-5-3-4/h2-7,14,22,25H,8-13H2,1H3;3H,2H2,1H3. The van der Waals surface area contributed by atoms with Gasteiger partial charge in [-0.2, -0.15) is 0 Å². The van der Waals surface area contributed by atoms with E-state index >= 15 is 0 Å². The molecular formula is C26H30ClN3O4. The van der Waals surface area contributed by atoms with Gasteiger partial charge < -0.3 is 19.4 Å². The van der Waals surface area contributed by atoms with E-state index in [1.165, 1.54) is 22.2 Å². The lowest BCUT2D eigenvalue weighted by atomic mass is 9.92. The number of nitrogens with one attached hydrogen (secondary N) is 1. The van der Waals surface area contributed by atoms with Crippen molar-refractivity contribution in [3.8, 4) is 0 Å². The molecule has 180 valence electrons. The number of hydrogen-bond donors (Lipinski definition) is 1. The fourth-order valence-electron chi connectivity index (χ4n) is 4.63. The third-order valence-corrected chi connectivity index (χ3v) is 6.57. The average molecular weight is 484 g/mol. The molecule has 1 unspecified atom stereocenters. The van der Waals surface area contributed by atoms with E-state index in [-0.39, 0.29) is 11.9 Å². The number of benzene rings is 2. The fourth-order valence-corrected chi connectivity index (χ4v) is 4.80. The van der Waals surface area contributed by atoms with Crippen molar-refractivity contribution in [2.45, 2.75) is 19.4 Å². The number of nitrogens with zero attached hydrogens (tertiary/aromatic N) is 2. The van der Waals surface area contributed by atoms with Gasteiger partial charge >= 0.3 is 0 Å². The smallest absolute Gasteiger partial charge is 0.293 e. The van der Waals surface area contributed by atoms with E-state index in [2.05, 4.69) is 45.9 Å². The number of hydrogen-bond acceptors (Lipinski definition) is 5. The van der Waals surface area contributed by atoms with Gasteiger partial charge in [0.1, 0.15) is 0 Å². The van der Waals surface area contributed by atoms with Gasteiger partial charge in [0.25, 0.3) is 12.4 Å². The average Bonchev–Trinajstić information content (AvgIpc) is 3.22. The van der Waals surface area contributed by atoms with Crippen LogP contribution in [0.25, 0.3) is 10.9 Å². The Kier molecular flexibility index (Phi) is 7.88. The van der Waals surface area contributed by atoms with E-state index in [9.17, 15) is 9.59 Å². The molecule has 2 aromatic carbocycles. The molecule has 1 saturated heterocycles. The van der Waals surface area contributed by atoms with Crippen LogP contribution in [0.1, 0.15) is 40.1 Å². The quantitative estimate of drug-likeness (QED) is 0.567. The Labute approximate surface area is 204 Å². The van der Waals surface area contributed by atoms with Crippen LogP contribution in [0.3, 0.4) is 0 Å². The molecule has 34 heavy (non-hydrogen) atoms. The highest BCUT2D eigenvalue weighted by Crippen LogP contribution is 2.38. The summed E-state index contributed by atoms with van der Waals surface area (Å²) >= 11 is 6.24. The van der Waals surface area contributed by atoms with Crippen molar-refractivity contribution >= 4 is 34.9 Å². The maximum atomic E-state index is 12.7. The van der Waals surface area contributed by atoms with Crippen LogP contribution < -0.4 is 0 Å². The number of morpholine rings is 1. The molecule has 3 heterocycles. The summed E-state index contributed by atoms with van der Waals surface area (Å²) in [6.07, 6.45) is 0.996. The molecule has 0 bridgehead atoms. The maximum absolute atomic E-state index is 12.7. The van der Waals surface area contributed by atoms with Gasteiger partial charge in [-0.15, -0.1) is 0 Å². The monoisotopic (exact) mass is 483 g/mol. The Morgan fingerprint density at radius 3 is 2.56 bits per heavy atom. The first-order valence-corrected chi connectivity index (χ1v) is 11.9. The number of likely N-dealkylation sites (N-methyl/N-ethyl adjacent to an activating group) is 1. The molecule has 1 N–H and O–H groups in total. The zero-order valence-corrected chi connectivity index (χ0v) is 20.3. The lowest BCUT2D eigenvalue weighted by Crippen LogP contribution is -2.40.